The van der Waals surface area contributed by atoms with E-state index < -0.39 is 10.0 Å². The van der Waals surface area contributed by atoms with Crippen molar-refractivity contribution in [2.24, 2.45) is 0 Å². The van der Waals surface area contributed by atoms with Crippen molar-refractivity contribution >= 4 is 21.6 Å². The molecule has 22 heavy (non-hydrogen) atoms. The number of sulfonamides is 1. The van der Waals surface area contributed by atoms with Crippen LogP contribution in [0, 0.1) is 13.8 Å². The highest BCUT2D eigenvalue weighted by Gasteiger charge is 2.13. The molecule has 0 saturated heterocycles. The Morgan fingerprint density at radius 3 is 2.23 bits per heavy atom. The van der Waals surface area contributed by atoms with Crippen LogP contribution in [0.25, 0.3) is 0 Å². The molecule has 0 spiro atoms. The maximum Gasteiger partial charge on any atom is 0.240 e. The maximum atomic E-state index is 12.1. The zero-order valence-corrected chi connectivity index (χ0v) is 14.0. The second kappa shape index (κ2) is 7.13. The third-order valence-corrected chi connectivity index (χ3v) is 4.90. The Kier molecular flexibility index (Phi) is 5.45. The molecule has 0 unspecified atom stereocenters. The van der Waals surface area contributed by atoms with Gasteiger partial charge in [0.1, 0.15) is 12.4 Å². The van der Waals surface area contributed by atoms with Crippen LogP contribution in [0.5, 0.6) is 5.75 Å². The Labute approximate surface area is 136 Å². The average Bonchev–Trinajstić information content (AvgIpc) is 2.46. The first-order valence-corrected chi connectivity index (χ1v) is 8.70. The number of halogens is 1. The number of nitrogens with one attached hydrogen (secondary N) is 1. The largest absolute Gasteiger partial charge is 0.492 e. The van der Waals surface area contributed by atoms with Crippen LogP contribution in [0.15, 0.2) is 47.4 Å². The number of rotatable bonds is 6. The molecule has 0 fully saturated rings. The van der Waals surface area contributed by atoms with Gasteiger partial charge < -0.3 is 4.74 Å². The normalized spacial score (nSPS) is 11.4. The van der Waals surface area contributed by atoms with Crippen molar-refractivity contribution in [1.82, 2.24) is 4.72 Å². The molecular weight excluding hydrogens is 322 g/mol. The van der Waals surface area contributed by atoms with Crippen LogP contribution in [0.3, 0.4) is 0 Å². The van der Waals surface area contributed by atoms with Gasteiger partial charge in [0.25, 0.3) is 0 Å². The summed E-state index contributed by atoms with van der Waals surface area (Å²) in [6, 6.07) is 11.9. The molecule has 118 valence electrons. The molecule has 0 aliphatic heterocycles. The van der Waals surface area contributed by atoms with Gasteiger partial charge in [0, 0.05) is 11.6 Å². The zero-order chi connectivity index (χ0) is 16.2. The molecule has 0 atom stereocenters. The standard InChI is InChI=1S/C16H18ClNO3S/c1-12-4-3-5-13(2)16(12)21-11-10-18-22(19,20)15-8-6-14(17)7-9-15/h3-9,18H,10-11H2,1-2H3. The minimum absolute atomic E-state index is 0.184. The highest BCUT2D eigenvalue weighted by Crippen LogP contribution is 2.22. The molecule has 0 aliphatic rings. The summed E-state index contributed by atoms with van der Waals surface area (Å²) in [5.41, 5.74) is 2.06. The van der Waals surface area contributed by atoms with E-state index in [0.717, 1.165) is 16.9 Å². The molecule has 4 nitrogen and oxygen atoms in total. The summed E-state index contributed by atoms with van der Waals surface area (Å²) in [6.45, 7) is 4.37. The number of para-hydroxylation sites is 1. The monoisotopic (exact) mass is 339 g/mol. The minimum atomic E-state index is -3.54. The first-order valence-electron chi connectivity index (χ1n) is 6.84. The third kappa shape index (κ3) is 4.22. The van der Waals surface area contributed by atoms with E-state index in [0.29, 0.717) is 5.02 Å². The molecule has 2 aromatic carbocycles. The van der Waals surface area contributed by atoms with E-state index in [1.54, 1.807) is 12.1 Å². The van der Waals surface area contributed by atoms with Crippen molar-refractivity contribution in [2.45, 2.75) is 18.7 Å². The summed E-state index contributed by atoms with van der Waals surface area (Å²) < 4.78 is 32.3. The fraction of sp³-hybridized carbons (Fsp3) is 0.250. The Morgan fingerprint density at radius 2 is 1.64 bits per heavy atom. The van der Waals surface area contributed by atoms with Gasteiger partial charge >= 0.3 is 0 Å². The van der Waals surface area contributed by atoms with Crippen molar-refractivity contribution in [3.8, 4) is 5.75 Å². The molecule has 0 radical (unpaired) electrons. The number of hydrogen-bond donors (Lipinski definition) is 1. The molecule has 0 aliphatic carbocycles. The van der Waals surface area contributed by atoms with Crippen molar-refractivity contribution in [1.29, 1.82) is 0 Å². The third-order valence-electron chi connectivity index (χ3n) is 3.17. The summed E-state index contributed by atoms with van der Waals surface area (Å²) >= 11 is 5.75. The van der Waals surface area contributed by atoms with Crippen molar-refractivity contribution < 1.29 is 13.2 Å². The van der Waals surface area contributed by atoms with Gasteiger partial charge in [-0.3, -0.25) is 0 Å². The van der Waals surface area contributed by atoms with E-state index in [9.17, 15) is 8.42 Å². The number of hydrogen-bond acceptors (Lipinski definition) is 3. The van der Waals surface area contributed by atoms with Gasteiger partial charge in [-0.25, -0.2) is 13.1 Å². The SMILES string of the molecule is Cc1cccc(C)c1OCCNS(=O)(=O)c1ccc(Cl)cc1. The zero-order valence-electron chi connectivity index (χ0n) is 12.5. The Hall–Kier alpha value is -1.56. The first kappa shape index (κ1) is 16.8. The van der Waals surface area contributed by atoms with E-state index in [1.165, 1.54) is 12.1 Å². The lowest BCUT2D eigenvalue weighted by atomic mass is 10.1. The number of benzene rings is 2. The highest BCUT2D eigenvalue weighted by atomic mass is 35.5. The van der Waals surface area contributed by atoms with E-state index >= 15 is 0 Å². The smallest absolute Gasteiger partial charge is 0.240 e. The topological polar surface area (TPSA) is 55.4 Å². The average molecular weight is 340 g/mol. The lowest BCUT2D eigenvalue weighted by Crippen LogP contribution is -2.28. The van der Waals surface area contributed by atoms with E-state index in [2.05, 4.69) is 4.72 Å². The second-order valence-electron chi connectivity index (χ2n) is 4.92. The van der Waals surface area contributed by atoms with Gasteiger partial charge in [0.2, 0.25) is 10.0 Å². The molecule has 2 aromatic rings. The molecule has 0 heterocycles. The van der Waals surface area contributed by atoms with Gasteiger partial charge in [-0.05, 0) is 49.2 Å². The summed E-state index contributed by atoms with van der Waals surface area (Å²) in [6.07, 6.45) is 0. The van der Waals surface area contributed by atoms with Crippen LogP contribution in [-0.2, 0) is 10.0 Å². The summed E-state index contributed by atoms with van der Waals surface area (Å²) in [5, 5.41) is 0.498. The van der Waals surface area contributed by atoms with Crippen LogP contribution in [0.2, 0.25) is 5.02 Å². The van der Waals surface area contributed by atoms with Crippen molar-refractivity contribution in [2.75, 3.05) is 13.2 Å². The summed E-state index contributed by atoms with van der Waals surface area (Å²) in [7, 11) is -3.54. The Bertz CT molecular complexity index is 722. The van der Waals surface area contributed by atoms with Crippen LogP contribution in [-0.4, -0.2) is 21.6 Å². The predicted octanol–water partition coefficient (Wildman–Crippen LogP) is 3.31. The van der Waals surface area contributed by atoms with Gasteiger partial charge in [0.05, 0.1) is 4.90 Å². The molecule has 0 aromatic heterocycles. The minimum Gasteiger partial charge on any atom is -0.492 e. The second-order valence-corrected chi connectivity index (χ2v) is 7.12. The molecular formula is C16H18ClNO3S. The lowest BCUT2D eigenvalue weighted by molar-refractivity contribution is 0.318. The van der Waals surface area contributed by atoms with Crippen LogP contribution in [0.4, 0.5) is 0 Å². The molecule has 0 bridgehead atoms. The molecule has 6 heteroatoms. The van der Waals surface area contributed by atoms with Gasteiger partial charge in [-0.2, -0.15) is 0 Å². The molecule has 0 saturated carbocycles. The van der Waals surface area contributed by atoms with E-state index in [1.807, 2.05) is 32.0 Å². The summed E-state index contributed by atoms with van der Waals surface area (Å²) in [5.74, 6) is 0.799. The van der Waals surface area contributed by atoms with Crippen molar-refractivity contribution in [3.63, 3.8) is 0 Å². The summed E-state index contributed by atoms with van der Waals surface area (Å²) in [4.78, 5) is 0.184. The van der Waals surface area contributed by atoms with E-state index in [-0.39, 0.29) is 18.0 Å². The van der Waals surface area contributed by atoms with Gasteiger partial charge in [0.15, 0.2) is 0 Å². The predicted molar refractivity (Wildman–Crippen MR) is 88.1 cm³/mol. The fourth-order valence-electron chi connectivity index (χ4n) is 2.05. The van der Waals surface area contributed by atoms with Gasteiger partial charge in [-0.1, -0.05) is 29.8 Å². The quantitative estimate of drug-likeness (QED) is 0.821. The number of aryl methyl sites for hydroxylation is 2. The van der Waals surface area contributed by atoms with Gasteiger partial charge in [-0.15, -0.1) is 0 Å². The van der Waals surface area contributed by atoms with Crippen LogP contribution < -0.4 is 9.46 Å². The molecule has 0 amide bonds. The molecule has 1 N–H and O–H groups in total. The Balaban J connectivity index is 1.92. The lowest BCUT2D eigenvalue weighted by Gasteiger charge is -2.12. The highest BCUT2D eigenvalue weighted by molar-refractivity contribution is 7.89. The number of ether oxygens (including phenoxy) is 1. The van der Waals surface area contributed by atoms with Crippen LogP contribution in [0.1, 0.15) is 11.1 Å². The fourth-order valence-corrected chi connectivity index (χ4v) is 3.19. The maximum absolute atomic E-state index is 12.1. The first-order chi connectivity index (χ1) is 10.4. The Morgan fingerprint density at radius 1 is 1.05 bits per heavy atom. The van der Waals surface area contributed by atoms with E-state index in [4.69, 9.17) is 16.3 Å². The van der Waals surface area contributed by atoms with Crippen LogP contribution >= 0.6 is 11.6 Å². The van der Waals surface area contributed by atoms with Crippen molar-refractivity contribution in [3.05, 3.63) is 58.6 Å². The molecule has 2 rings (SSSR count).